The first-order valence-corrected chi connectivity index (χ1v) is 9.52. The van der Waals surface area contributed by atoms with Crippen molar-refractivity contribution in [3.63, 3.8) is 0 Å². The first kappa shape index (κ1) is 19.9. The Balaban J connectivity index is 1.54. The van der Waals surface area contributed by atoms with E-state index in [1.807, 2.05) is 78.9 Å². The topological polar surface area (TPSA) is 82.5 Å². The van der Waals surface area contributed by atoms with Crippen LogP contribution in [-0.4, -0.2) is 20.4 Å². The molecular formula is C24H18N4O3. The van der Waals surface area contributed by atoms with Gasteiger partial charge in [0.05, 0.1) is 5.69 Å². The molecule has 0 spiro atoms. The van der Waals surface area contributed by atoms with E-state index < -0.39 is 5.76 Å². The van der Waals surface area contributed by atoms with Crippen molar-refractivity contribution in [1.82, 2.24) is 14.7 Å². The van der Waals surface area contributed by atoms with Crippen molar-refractivity contribution in [2.75, 3.05) is 0 Å². The Morgan fingerprint density at radius 3 is 2.42 bits per heavy atom. The van der Waals surface area contributed by atoms with Crippen LogP contribution in [0.15, 0.2) is 93.3 Å². The van der Waals surface area contributed by atoms with Crippen LogP contribution in [0.5, 0.6) is 0 Å². The Morgan fingerprint density at radius 2 is 1.71 bits per heavy atom. The van der Waals surface area contributed by atoms with E-state index in [-0.39, 0.29) is 12.4 Å². The van der Waals surface area contributed by atoms with Crippen molar-refractivity contribution in [1.29, 1.82) is 0 Å². The minimum absolute atomic E-state index is 0.128. The highest BCUT2D eigenvalue weighted by Gasteiger charge is 2.16. The Hall–Kier alpha value is -4.44. The Kier molecular flexibility index (Phi) is 6.00. The molecule has 0 unspecified atom stereocenters. The summed E-state index contributed by atoms with van der Waals surface area (Å²) in [5.74, 6) is 5.70. The number of aromatic nitrogens is 3. The van der Waals surface area contributed by atoms with Gasteiger partial charge in [-0.1, -0.05) is 65.7 Å². The predicted molar refractivity (Wildman–Crippen MR) is 115 cm³/mol. The first-order chi connectivity index (χ1) is 15.2. The third-order valence-corrected chi connectivity index (χ3v) is 4.25. The van der Waals surface area contributed by atoms with Gasteiger partial charge in [0.1, 0.15) is 5.69 Å². The molecule has 4 rings (SSSR count). The molecule has 0 aliphatic rings. The molecule has 0 bridgehead atoms. The maximum atomic E-state index is 11.5. The van der Waals surface area contributed by atoms with Gasteiger partial charge < -0.3 is 9.36 Å². The molecule has 0 N–H and O–H groups in total. The van der Waals surface area contributed by atoms with Gasteiger partial charge >= 0.3 is 5.76 Å². The Bertz CT molecular complexity index is 1310. The highest BCUT2D eigenvalue weighted by molar-refractivity contribution is 6.10. The minimum Gasteiger partial charge on any atom is -0.389 e. The summed E-state index contributed by atoms with van der Waals surface area (Å²) < 4.78 is 6.21. The van der Waals surface area contributed by atoms with Gasteiger partial charge in [0, 0.05) is 18.2 Å². The highest BCUT2D eigenvalue weighted by Crippen LogP contribution is 2.10. The number of aryl methyl sites for hydroxylation is 1. The lowest BCUT2D eigenvalue weighted by Gasteiger charge is -2.06. The lowest BCUT2D eigenvalue weighted by Crippen LogP contribution is -2.12. The van der Waals surface area contributed by atoms with E-state index in [0.717, 1.165) is 11.1 Å². The van der Waals surface area contributed by atoms with Crippen LogP contribution >= 0.6 is 0 Å². The SMILES string of the molecule is Cn1oc(=O)nc1/C(=N/OCc1cccc(C#Cc2ccccc2)n1)c1ccccc1. The fraction of sp³-hybridized carbons (Fsp3) is 0.0833. The number of benzene rings is 2. The van der Waals surface area contributed by atoms with E-state index in [4.69, 9.17) is 9.36 Å². The second-order valence-electron chi connectivity index (χ2n) is 6.50. The summed E-state index contributed by atoms with van der Waals surface area (Å²) in [5, 5.41) is 4.22. The van der Waals surface area contributed by atoms with Gasteiger partial charge in [-0.05, 0) is 30.2 Å². The van der Waals surface area contributed by atoms with Gasteiger partial charge in [-0.15, -0.1) is 0 Å². The number of oxime groups is 1. The molecule has 2 heterocycles. The van der Waals surface area contributed by atoms with E-state index in [9.17, 15) is 4.79 Å². The second-order valence-corrected chi connectivity index (χ2v) is 6.50. The number of hydrogen-bond acceptors (Lipinski definition) is 6. The van der Waals surface area contributed by atoms with Crippen LogP contribution in [0.25, 0.3) is 0 Å². The Morgan fingerprint density at radius 1 is 0.968 bits per heavy atom. The van der Waals surface area contributed by atoms with Crippen molar-refractivity contribution < 1.29 is 9.36 Å². The Labute approximate surface area is 178 Å². The molecule has 4 aromatic rings. The normalized spacial score (nSPS) is 10.9. The van der Waals surface area contributed by atoms with Gasteiger partial charge in [0.15, 0.2) is 18.1 Å². The molecule has 152 valence electrons. The zero-order valence-corrected chi connectivity index (χ0v) is 16.7. The van der Waals surface area contributed by atoms with Crippen LogP contribution in [0.3, 0.4) is 0 Å². The number of pyridine rings is 1. The van der Waals surface area contributed by atoms with E-state index >= 15 is 0 Å². The molecule has 0 atom stereocenters. The molecule has 0 saturated carbocycles. The van der Waals surface area contributed by atoms with E-state index in [1.165, 1.54) is 4.74 Å². The first-order valence-electron chi connectivity index (χ1n) is 9.52. The second kappa shape index (κ2) is 9.37. The molecule has 0 aliphatic heterocycles. The maximum absolute atomic E-state index is 11.5. The van der Waals surface area contributed by atoms with Crippen LogP contribution in [0.4, 0.5) is 0 Å². The van der Waals surface area contributed by atoms with Crippen LogP contribution in [0.1, 0.15) is 28.3 Å². The van der Waals surface area contributed by atoms with Crippen LogP contribution in [0, 0.1) is 11.8 Å². The highest BCUT2D eigenvalue weighted by atomic mass is 16.6. The number of hydrogen-bond donors (Lipinski definition) is 0. The largest absolute Gasteiger partial charge is 0.460 e. The van der Waals surface area contributed by atoms with Crippen molar-refractivity contribution in [2.45, 2.75) is 6.61 Å². The smallest absolute Gasteiger partial charge is 0.389 e. The fourth-order valence-corrected chi connectivity index (χ4v) is 2.81. The molecule has 0 radical (unpaired) electrons. The van der Waals surface area contributed by atoms with Crippen molar-refractivity contribution in [3.05, 3.63) is 118 Å². The summed E-state index contributed by atoms with van der Waals surface area (Å²) in [6.07, 6.45) is 0. The van der Waals surface area contributed by atoms with Gasteiger partial charge in [0.2, 0.25) is 0 Å². The van der Waals surface area contributed by atoms with Crippen LogP contribution in [-0.2, 0) is 18.5 Å². The van der Waals surface area contributed by atoms with E-state index in [1.54, 1.807) is 7.05 Å². The third-order valence-electron chi connectivity index (χ3n) is 4.25. The summed E-state index contributed by atoms with van der Waals surface area (Å²) in [7, 11) is 1.58. The maximum Gasteiger partial charge on any atom is 0.460 e. The zero-order chi connectivity index (χ0) is 21.5. The molecule has 0 amide bonds. The van der Waals surface area contributed by atoms with Crippen molar-refractivity contribution in [2.24, 2.45) is 12.2 Å². The molecule has 0 fully saturated rings. The summed E-state index contributed by atoms with van der Waals surface area (Å²) in [4.78, 5) is 25.4. The summed E-state index contributed by atoms with van der Waals surface area (Å²) >= 11 is 0. The van der Waals surface area contributed by atoms with Crippen molar-refractivity contribution in [3.8, 4) is 11.8 Å². The molecule has 7 nitrogen and oxygen atoms in total. The standard InChI is InChI=1S/C24H18N4O3/c1-28-23(26-24(29)31-28)22(19-11-6-3-7-12-19)27-30-17-21-14-8-13-20(25-21)16-15-18-9-4-2-5-10-18/h2-14H,17H2,1H3/b27-22+. The van der Waals surface area contributed by atoms with Gasteiger partial charge in [-0.3, -0.25) is 0 Å². The lowest BCUT2D eigenvalue weighted by atomic mass is 10.1. The number of nitrogens with zero attached hydrogens (tertiary/aromatic N) is 4. The fourth-order valence-electron chi connectivity index (χ4n) is 2.81. The summed E-state index contributed by atoms with van der Waals surface area (Å²) in [5.41, 5.74) is 3.35. The third kappa shape index (κ3) is 5.14. The molecule has 2 aromatic heterocycles. The molecule has 7 heteroatoms. The average Bonchev–Trinajstić information content (AvgIpc) is 3.14. The molecule has 31 heavy (non-hydrogen) atoms. The van der Waals surface area contributed by atoms with E-state index in [0.29, 0.717) is 17.1 Å². The van der Waals surface area contributed by atoms with Crippen LogP contribution < -0.4 is 5.76 Å². The molecule has 0 saturated heterocycles. The molecular weight excluding hydrogens is 392 g/mol. The average molecular weight is 410 g/mol. The summed E-state index contributed by atoms with van der Waals surface area (Å²) in [6, 6.07) is 24.5. The van der Waals surface area contributed by atoms with Crippen molar-refractivity contribution >= 4 is 5.71 Å². The number of rotatable bonds is 5. The van der Waals surface area contributed by atoms with Gasteiger partial charge in [-0.2, -0.15) is 9.72 Å². The predicted octanol–water partition coefficient (Wildman–Crippen LogP) is 3.14. The molecule has 2 aromatic carbocycles. The zero-order valence-electron chi connectivity index (χ0n) is 16.7. The van der Waals surface area contributed by atoms with Crippen LogP contribution in [0.2, 0.25) is 0 Å². The van der Waals surface area contributed by atoms with Gasteiger partial charge in [-0.25, -0.2) is 9.78 Å². The lowest BCUT2D eigenvalue weighted by molar-refractivity contribution is 0.127. The monoisotopic (exact) mass is 410 g/mol. The molecule has 0 aliphatic carbocycles. The quantitative estimate of drug-likeness (QED) is 0.287. The minimum atomic E-state index is -0.701. The van der Waals surface area contributed by atoms with Gasteiger partial charge in [0.25, 0.3) is 0 Å². The van der Waals surface area contributed by atoms with E-state index in [2.05, 4.69) is 27.0 Å². The summed E-state index contributed by atoms with van der Waals surface area (Å²) in [6.45, 7) is 0.128.